The molecule has 2 saturated carbocycles. The van der Waals surface area contributed by atoms with Crippen LogP contribution < -0.4 is 0 Å². The molecule has 3 atom stereocenters. The maximum atomic E-state index is 11.7. The first-order valence-corrected chi connectivity index (χ1v) is 7.06. The lowest BCUT2D eigenvalue weighted by Gasteiger charge is -2.33. The Bertz CT molecular complexity index is 456. The van der Waals surface area contributed by atoms with E-state index in [2.05, 4.69) is 0 Å². The molecule has 3 heteroatoms. The van der Waals surface area contributed by atoms with E-state index in [0.29, 0.717) is 25.0 Å². The average molecular weight is 260 g/mol. The molecule has 0 radical (unpaired) electrons. The highest BCUT2D eigenvalue weighted by atomic mass is 16.5. The van der Waals surface area contributed by atoms with Crippen molar-refractivity contribution in [2.75, 3.05) is 6.61 Å². The zero-order chi connectivity index (χ0) is 13.3. The molecule has 3 rings (SSSR count). The number of fused-ring (bicyclic) bond motifs is 2. The van der Waals surface area contributed by atoms with Gasteiger partial charge in [-0.15, -0.1) is 0 Å². The van der Waals surface area contributed by atoms with Crippen molar-refractivity contribution in [1.29, 1.82) is 0 Å². The minimum atomic E-state index is -0.659. The molecule has 1 N–H and O–H groups in total. The molecule has 0 aliphatic heterocycles. The zero-order valence-corrected chi connectivity index (χ0v) is 11.0. The molecular formula is C16H20O3. The van der Waals surface area contributed by atoms with Gasteiger partial charge in [0.2, 0.25) is 0 Å². The Morgan fingerprint density at radius 3 is 2.68 bits per heavy atom. The first kappa shape index (κ1) is 12.7. The molecule has 2 aliphatic carbocycles. The van der Waals surface area contributed by atoms with Gasteiger partial charge in [0.25, 0.3) is 0 Å². The Morgan fingerprint density at radius 2 is 2.11 bits per heavy atom. The largest absolute Gasteiger partial charge is 0.481 e. The van der Waals surface area contributed by atoms with Crippen LogP contribution in [0.1, 0.15) is 31.2 Å². The van der Waals surface area contributed by atoms with E-state index in [1.807, 2.05) is 30.3 Å². The number of benzene rings is 1. The second kappa shape index (κ2) is 4.97. The molecule has 2 bridgehead atoms. The first-order chi connectivity index (χ1) is 9.21. The van der Waals surface area contributed by atoms with E-state index in [1.54, 1.807) is 0 Å². The summed E-state index contributed by atoms with van der Waals surface area (Å²) in [4.78, 5) is 11.7. The minimum absolute atomic E-state index is 0.325. The van der Waals surface area contributed by atoms with Gasteiger partial charge in [-0.3, -0.25) is 4.79 Å². The molecule has 2 fully saturated rings. The van der Waals surface area contributed by atoms with Crippen molar-refractivity contribution in [3.8, 4) is 0 Å². The molecular weight excluding hydrogens is 240 g/mol. The van der Waals surface area contributed by atoms with E-state index < -0.39 is 11.4 Å². The van der Waals surface area contributed by atoms with Gasteiger partial charge in [-0.1, -0.05) is 36.8 Å². The second-order valence-electron chi connectivity index (χ2n) is 6.02. The summed E-state index contributed by atoms with van der Waals surface area (Å²) in [5.41, 5.74) is 0.490. The summed E-state index contributed by atoms with van der Waals surface area (Å²) in [6, 6.07) is 9.94. The van der Waals surface area contributed by atoms with Crippen molar-refractivity contribution in [2.24, 2.45) is 17.3 Å². The lowest BCUT2D eigenvalue weighted by atomic mass is 9.74. The quantitative estimate of drug-likeness (QED) is 0.885. The number of rotatable bonds is 5. The normalized spacial score (nSPS) is 32.6. The maximum absolute atomic E-state index is 11.7. The fourth-order valence-electron chi connectivity index (χ4n) is 3.87. The predicted molar refractivity (Wildman–Crippen MR) is 71.6 cm³/mol. The number of carbonyl (C=O) groups is 1. The van der Waals surface area contributed by atoms with Crippen LogP contribution in [0, 0.1) is 17.3 Å². The summed E-state index contributed by atoms with van der Waals surface area (Å²) < 4.78 is 5.74. The van der Waals surface area contributed by atoms with Gasteiger partial charge in [-0.25, -0.2) is 0 Å². The van der Waals surface area contributed by atoms with Gasteiger partial charge in [0.15, 0.2) is 0 Å². The number of aliphatic carboxylic acids is 1. The van der Waals surface area contributed by atoms with Crippen molar-refractivity contribution in [1.82, 2.24) is 0 Å². The Labute approximate surface area is 113 Å². The maximum Gasteiger partial charge on any atom is 0.312 e. The topological polar surface area (TPSA) is 46.5 Å². The molecule has 3 nitrogen and oxygen atoms in total. The molecule has 0 amide bonds. The van der Waals surface area contributed by atoms with Crippen molar-refractivity contribution in [3.63, 3.8) is 0 Å². The fourth-order valence-corrected chi connectivity index (χ4v) is 3.87. The van der Waals surface area contributed by atoms with Gasteiger partial charge >= 0.3 is 5.97 Å². The van der Waals surface area contributed by atoms with Crippen LogP contribution in [0.15, 0.2) is 30.3 Å². The fraction of sp³-hybridized carbons (Fsp3) is 0.562. The Hall–Kier alpha value is -1.35. The van der Waals surface area contributed by atoms with Crippen LogP contribution in [0.25, 0.3) is 0 Å². The summed E-state index contributed by atoms with van der Waals surface area (Å²) in [6.07, 6.45) is 4.16. The summed E-state index contributed by atoms with van der Waals surface area (Å²) >= 11 is 0. The van der Waals surface area contributed by atoms with E-state index in [-0.39, 0.29) is 0 Å². The van der Waals surface area contributed by atoms with Crippen LogP contribution in [0.4, 0.5) is 0 Å². The Morgan fingerprint density at radius 1 is 1.32 bits per heavy atom. The van der Waals surface area contributed by atoms with E-state index in [4.69, 9.17) is 4.74 Å². The molecule has 2 aliphatic rings. The highest BCUT2D eigenvalue weighted by Crippen LogP contribution is 2.56. The van der Waals surface area contributed by atoms with Crippen LogP contribution in [0.2, 0.25) is 0 Å². The summed E-state index contributed by atoms with van der Waals surface area (Å²) in [7, 11) is 0. The van der Waals surface area contributed by atoms with Gasteiger partial charge in [0, 0.05) is 0 Å². The second-order valence-corrected chi connectivity index (χ2v) is 6.02. The van der Waals surface area contributed by atoms with Crippen LogP contribution >= 0.6 is 0 Å². The SMILES string of the molecule is O=C(O)C1(COCc2ccccc2)CC2CCC1C2. The number of ether oxygens (including phenoxy) is 1. The van der Waals surface area contributed by atoms with E-state index in [9.17, 15) is 9.90 Å². The van der Waals surface area contributed by atoms with Gasteiger partial charge in [-0.05, 0) is 36.7 Å². The van der Waals surface area contributed by atoms with Crippen LogP contribution in [-0.4, -0.2) is 17.7 Å². The molecule has 19 heavy (non-hydrogen) atoms. The zero-order valence-electron chi connectivity index (χ0n) is 11.0. The summed E-state index contributed by atoms with van der Waals surface area (Å²) in [5, 5.41) is 9.60. The van der Waals surface area contributed by atoms with Gasteiger partial charge in [-0.2, -0.15) is 0 Å². The molecule has 0 spiro atoms. The third-order valence-corrected chi connectivity index (χ3v) is 4.87. The van der Waals surface area contributed by atoms with E-state index in [0.717, 1.165) is 24.8 Å². The summed E-state index contributed by atoms with van der Waals surface area (Å²) in [6.45, 7) is 0.867. The average Bonchev–Trinajstić information content (AvgIpc) is 3.01. The molecule has 0 saturated heterocycles. The molecule has 3 unspecified atom stereocenters. The van der Waals surface area contributed by atoms with Crippen LogP contribution in [0.5, 0.6) is 0 Å². The number of carboxylic acids is 1. The number of hydrogen-bond acceptors (Lipinski definition) is 2. The molecule has 1 aromatic rings. The summed E-state index contributed by atoms with van der Waals surface area (Å²) in [5.74, 6) is 0.278. The minimum Gasteiger partial charge on any atom is -0.481 e. The standard InChI is InChI=1S/C16H20O3/c17-15(18)16(9-13-6-7-14(16)8-13)11-19-10-12-4-2-1-3-5-12/h1-5,13-14H,6-11H2,(H,17,18). The number of carboxylic acid groups (broad SMARTS) is 1. The molecule has 102 valence electrons. The third-order valence-electron chi connectivity index (χ3n) is 4.87. The molecule has 0 aromatic heterocycles. The van der Waals surface area contributed by atoms with Crippen molar-refractivity contribution >= 4 is 5.97 Å². The highest BCUT2D eigenvalue weighted by Gasteiger charge is 2.55. The number of hydrogen-bond donors (Lipinski definition) is 1. The van der Waals surface area contributed by atoms with Gasteiger partial charge in [0.1, 0.15) is 0 Å². The van der Waals surface area contributed by atoms with Crippen molar-refractivity contribution < 1.29 is 14.6 Å². The molecule has 1 aromatic carbocycles. The smallest absolute Gasteiger partial charge is 0.312 e. The monoisotopic (exact) mass is 260 g/mol. The third kappa shape index (κ3) is 2.27. The lowest BCUT2D eigenvalue weighted by molar-refractivity contribution is -0.158. The van der Waals surface area contributed by atoms with Crippen molar-refractivity contribution in [2.45, 2.75) is 32.3 Å². The van der Waals surface area contributed by atoms with E-state index >= 15 is 0 Å². The Balaban J connectivity index is 1.62. The first-order valence-electron chi connectivity index (χ1n) is 7.06. The van der Waals surface area contributed by atoms with E-state index in [1.165, 1.54) is 6.42 Å². The predicted octanol–water partition coefficient (Wildman–Crippen LogP) is 3.09. The van der Waals surface area contributed by atoms with Crippen LogP contribution in [-0.2, 0) is 16.1 Å². The lowest BCUT2D eigenvalue weighted by Crippen LogP contribution is -2.40. The van der Waals surface area contributed by atoms with Crippen molar-refractivity contribution in [3.05, 3.63) is 35.9 Å². The highest BCUT2D eigenvalue weighted by molar-refractivity contribution is 5.76. The van der Waals surface area contributed by atoms with Gasteiger partial charge in [0.05, 0.1) is 18.6 Å². The Kier molecular flexibility index (Phi) is 3.31. The van der Waals surface area contributed by atoms with Gasteiger partial charge < -0.3 is 9.84 Å². The van der Waals surface area contributed by atoms with Crippen LogP contribution in [0.3, 0.4) is 0 Å². The molecule has 0 heterocycles.